The number of rotatable bonds is 6. The van der Waals surface area contributed by atoms with Gasteiger partial charge in [-0.25, -0.2) is 4.39 Å². The van der Waals surface area contributed by atoms with E-state index >= 15 is 0 Å². The Morgan fingerprint density at radius 2 is 1.75 bits per heavy atom. The van der Waals surface area contributed by atoms with Gasteiger partial charge in [-0.3, -0.25) is 4.79 Å². The van der Waals surface area contributed by atoms with Gasteiger partial charge in [0.05, 0.1) is 12.6 Å². The van der Waals surface area contributed by atoms with Crippen molar-refractivity contribution in [2.45, 2.75) is 12.5 Å². The minimum Gasteiger partial charge on any atom is -0.378 e. The summed E-state index contributed by atoms with van der Waals surface area (Å²) in [7, 11) is 0. The highest BCUT2D eigenvalue weighted by molar-refractivity contribution is 5.87. The number of carbonyl (C=O) groups excluding carboxylic acids is 1. The van der Waals surface area contributed by atoms with Crippen LogP contribution in [0.25, 0.3) is 0 Å². The molecule has 0 aromatic heterocycles. The molecule has 0 saturated carbocycles. The van der Waals surface area contributed by atoms with Crippen LogP contribution in [-0.2, 0) is 11.2 Å². The predicted molar refractivity (Wildman–Crippen MR) is 78.0 cm³/mol. The average molecular weight is 272 g/mol. The van der Waals surface area contributed by atoms with Gasteiger partial charge in [-0.1, -0.05) is 30.3 Å². The highest BCUT2D eigenvalue weighted by Crippen LogP contribution is 2.08. The summed E-state index contributed by atoms with van der Waals surface area (Å²) in [5.74, 6) is -0.374. The number of nitrogens with two attached hydrogens (primary N) is 1. The molecule has 0 unspecified atom stereocenters. The molecule has 2 rings (SSSR count). The fourth-order valence-electron chi connectivity index (χ4n) is 1.87. The summed E-state index contributed by atoms with van der Waals surface area (Å²) in [6, 6.07) is 15.0. The SMILES string of the molecule is N[C@@H](Cc1ccccc1)C(=O)CNc1ccc(F)cc1. The van der Waals surface area contributed by atoms with Crippen LogP contribution in [0.2, 0.25) is 0 Å². The minimum absolute atomic E-state index is 0.0711. The van der Waals surface area contributed by atoms with Crippen LogP contribution in [0.1, 0.15) is 5.56 Å². The van der Waals surface area contributed by atoms with Crippen molar-refractivity contribution in [3.8, 4) is 0 Å². The minimum atomic E-state index is -0.537. The van der Waals surface area contributed by atoms with E-state index in [2.05, 4.69) is 5.32 Å². The monoisotopic (exact) mass is 272 g/mol. The van der Waals surface area contributed by atoms with Crippen LogP contribution in [0.5, 0.6) is 0 Å². The van der Waals surface area contributed by atoms with Gasteiger partial charge in [0.1, 0.15) is 5.82 Å². The quantitative estimate of drug-likeness (QED) is 0.849. The Hall–Kier alpha value is -2.20. The predicted octanol–water partition coefficient (Wildman–Crippen LogP) is 2.38. The molecule has 1 atom stereocenters. The molecule has 3 nitrogen and oxygen atoms in total. The third kappa shape index (κ3) is 4.17. The zero-order valence-corrected chi connectivity index (χ0v) is 11.1. The molecule has 0 spiro atoms. The first-order valence-electron chi connectivity index (χ1n) is 6.47. The molecular formula is C16H17FN2O. The lowest BCUT2D eigenvalue weighted by atomic mass is 10.0. The van der Waals surface area contributed by atoms with Crippen molar-refractivity contribution in [3.63, 3.8) is 0 Å². The second kappa shape index (κ2) is 6.82. The standard InChI is InChI=1S/C16H17FN2O/c17-13-6-8-14(9-7-13)19-11-16(20)15(18)10-12-4-2-1-3-5-12/h1-9,15,19H,10-11,18H2/t15-/m0/s1. The number of hydrogen-bond acceptors (Lipinski definition) is 3. The summed E-state index contributed by atoms with van der Waals surface area (Å²) in [4.78, 5) is 11.9. The second-order valence-electron chi connectivity index (χ2n) is 4.62. The molecule has 0 heterocycles. The van der Waals surface area contributed by atoms with Crippen molar-refractivity contribution in [1.29, 1.82) is 0 Å². The normalized spacial score (nSPS) is 11.9. The molecular weight excluding hydrogens is 255 g/mol. The molecule has 2 aromatic rings. The van der Waals surface area contributed by atoms with Crippen molar-refractivity contribution in [2.24, 2.45) is 5.73 Å². The summed E-state index contributed by atoms with van der Waals surface area (Å²) in [5, 5.41) is 2.94. The Morgan fingerprint density at radius 1 is 1.10 bits per heavy atom. The summed E-state index contributed by atoms with van der Waals surface area (Å²) in [6.07, 6.45) is 0.519. The smallest absolute Gasteiger partial charge is 0.168 e. The molecule has 0 radical (unpaired) electrons. The van der Waals surface area contributed by atoms with Gasteiger partial charge in [-0.2, -0.15) is 0 Å². The Balaban J connectivity index is 1.83. The van der Waals surface area contributed by atoms with Gasteiger partial charge in [-0.05, 0) is 36.2 Å². The van der Waals surface area contributed by atoms with Crippen LogP contribution >= 0.6 is 0 Å². The van der Waals surface area contributed by atoms with Gasteiger partial charge < -0.3 is 11.1 Å². The van der Waals surface area contributed by atoms with E-state index in [1.165, 1.54) is 12.1 Å². The molecule has 0 bridgehead atoms. The van der Waals surface area contributed by atoms with Crippen molar-refractivity contribution < 1.29 is 9.18 Å². The number of Topliss-reactive ketones (excluding diaryl/α,β-unsaturated/α-hetero) is 1. The summed E-state index contributed by atoms with van der Waals surface area (Å²) < 4.78 is 12.7. The van der Waals surface area contributed by atoms with E-state index in [4.69, 9.17) is 5.73 Å². The van der Waals surface area contributed by atoms with Crippen LogP contribution in [0.3, 0.4) is 0 Å². The Labute approximate surface area is 117 Å². The molecule has 0 aliphatic carbocycles. The van der Waals surface area contributed by atoms with E-state index in [0.29, 0.717) is 12.1 Å². The molecule has 0 fully saturated rings. The number of ketones is 1. The van der Waals surface area contributed by atoms with E-state index < -0.39 is 6.04 Å². The largest absolute Gasteiger partial charge is 0.378 e. The second-order valence-corrected chi connectivity index (χ2v) is 4.62. The fraction of sp³-hybridized carbons (Fsp3) is 0.188. The van der Waals surface area contributed by atoms with E-state index in [1.54, 1.807) is 12.1 Å². The fourth-order valence-corrected chi connectivity index (χ4v) is 1.87. The van der Waals surface area contributed by atoms with Gasteiger partial charge >= 0.3 is 0 Å². The number of hydrogen-bond donors (Lipinski definition) is 2. The van der Waals surface area contributed by atoms with Crippen LogP contribution in [0.15, 0.2) is 54.6 Å². The zero-order valence-electron chi connectivity index (χ0n) is 11.1. The number of carbonyl (C=O) groups is 1. The lowest BCUT2D eigenvalue weighted by Gasteiger charge is -2.12. The number of halogens is 1. The van der Waals surface area contributed by atoms with Crippen LogP contribution in [-0.4, -0.2) is 18.4 Å². The van der Waals surface area contributed by atoms with Crippen molar-refractivity contribution in [1.82, 2.24) is 0 Å². The third-order valence-corrected chi connectivity index (χ3v) is 3.02. The molecule has 0 aliphatic rings. The van der Waals surface area contributed by atoms with E-state index in [-0.39, 0.29) is 18.1 Å². The highest BCUT2D eigenvalue weighted by Gasteiger charge is 2.13. The number of anilines is 1. The average Bonchev–Trinajstić information content (AvgIpc) is 2.47. The van der Waals surface area contributed by atoms with Crippen LogP contribution < -0.4 is 11.1 Å². The van der Waals surface area contributed by atoms with Gasteiger partial charge in [0.2, 0.25) is 0 Å². The van der Waals surface area contributed by atoms with Crippen LogP contribution in [0.4, 0.5) is 10.1 Å². The first-order chi connectivity index (χ1) is 9.65. The lowest BCUT2D eigenvalue weighted by Crippen LogP contribution is -2.36. The molecule has 2 aromatic carbocycles. The summed E-state index contributed by atoms with van der Waals surface area (Å²) >= 11 is 0. The molecule has 0 saturated heterocycles. The Morgan fingerprint density at radius 3 is 2.40 bits per heavy atom. The van der Waals surface area contributed by atoms with E-state index in [1.807, 2.05) is 30.3 Å². The topological polar surface area (TPSA) is 55.1 Å². The Kier molecular flexibility index (Phi) is 4.85. The van der Waals surface area contributed by atoms with E-state index in [9.17, 15) is 9.18 Å². The Bertz CT molecular complexity index is 554. The van der Waals surface area contributed by atoms with Gasteiger partial charge in [0.25, 0.3) is 0 Å². The van der Waals surface area contributed by atoms with Crippen molar-refractivity contribution in [2.75, 3.05) is 11.9 Å². The maximum Gasteiger partial charge on any atom is 0.168 e. The third-order valence-electron chi connectivity index (χ3n) is 3.02. The molecule has 20 heavy (non-hydrogen) atoms. The first-order valence-corrected chi connectivity index (χ1v) is 6.47. The lowest BCUT2D eigenvalue weighted by molar-refractivity contribution is -0.118. The van der Waals surface area contributed by atoms with E-state index in [0.717, 1.165) is 5.56 Å². The number of nitrogens with one attached hydrogen (secondary N) is 1. The molecule has 0 aliphatic heterocycles. The zero-order chi connectivity index (χ0) is 14.4. The van der Waals surface area contributed by atoms with Gasteiger partial charge in [0.15, 0.2) is 5.78 Å². The molecule has 3 N–H and O–H groups in total. The van der Waals surface area contributed by atoms with Gasteiger partial charge in [-0.15, -0.1) is 0 Å². The number of benzene rings is 2. The van der Waals surface area contributed by atoms with Crippen LogP contribution in [0, 0.1) is 5.82 Å². The highest BCUT2D eigenvalue weighted by atomic mass is 19.1. The maximum absolute atomic E-state index is 12.7. The van der Waals surface area contributed by atoms with Crippen molar-refractivity contribution >= 4 is 11.5 Å². The van der Waals surface area contributed by atoms with Crippen molar-refractivity contribution in [3.05, 3.63) is 66.0 Å². The molecule has 0 amide bonds. The van der Waals surface area contributed by atoms with Gasteiger partial charge in [0, 0.05) is 5.69 Å². The first kappa shape index (κ1) is 14.2. The molecule has 104 valence electrons. The summed E-state index contributed by atoms with van der Waals surface area (Å²) in [6.45, 7) is 0.139. The maximum atomic E-state index is 12.7. The summed E-state index contributed by atoms with van der Waals surface area (Å²) in [5.41, 5.74) is 7.63. The molecule has 4 heteroatoms.